The van der Waals surface area contributed by atoms with E-state index in [1.165, 1.54) is 4.68 Å². The summed E-state index contributed by atoms with van der Waals surface area (Å²) in [4.78, 5) is 27.9. The summed E-state index contributed by atoms with van der Waals surface area (Å²) in [5, 5.41) is 8.99. The SMILES string of the molecule is Cc1cccc(C)c1NC(=O)Cn1nc(N2CCSCC2)c2ccccc2c1=O. The summed E-state index contributed by atoms with van der Waals surface area (Å²) in [7, 11) is 0. The van der Waals surface area contributed by atoms with Crippen LogP contribution in [0.3, 0.4) is 0 Å². The number of carbonyl (C=O) groups is 1. The van der Waals surface area contributed by atoms with Crippen LogP contribution in [0.5, 0.6) is 0 Å². The average molecular weight is 409 g/mol. The molecule has 2 heterocycles. The number of aryl methyl sites for hydroxylation is 2. The van der Waals surface area contributed by atoms with Crippen molar-refractivity contribution < 1.29 is 4.79 Å². The Hall–Kier alpha value is -2.80. The zero-order chi connectivity index (χ0) is 20.4. The van der Waals surface area contributed by atoms with Crippen molar-refractivity contribution in [3.8, 4) is 0 Å². The Bertz CT molecular complexity index is 1100. The lowest BCUT2D eigenvalue weighted by Crippen LogP contribution is -2.37. The monoisotopic (exact) mass is 408 g/mol. The van der Waals surface area contributed by atoms with Crippen molar-refractivity contribution in [3.05, 3.63) is 63.9 Å². The molecule has 0 unspecified atom stereocenters. The van der Waals surface area contributed by atoms with E-state index in [1.807, 2.05) is 62.0 Å². The lowest BCUT2D eigenvalue weighted by Gasteiger charge is -2.28. The second-order valence-corrected chi connectivity index (χ2v) is 8.47. The van der Waals surface area contributed by atoms with E-state index < -0.39 is 0 Å². The second-order valence-electron chi connectivity index (χ2n) is 7.25. The molecule has 0 radical (unpaired) electrons. The van der Waals surface area contributed by atoms with Crippen molar-refractivity contribution in [2.45, 2.75) is 20.4 Å². The van der Waals surface area contributed by atoms with Gasteiger partial charge in [0.2, 0.25) is 5.91 Å². The summed E-state index contributed by atoms with van der Waals surface area (Å²) in [6.07, 6.45) is 0. The van der Waals surface area contributed by atoms with Crippen LogP contribution in [0.15, 0.2) is 47.3 Å². The maximum Gasteiger partial charge on any atom is 0.275 e. The van der Waals surface area contributed by atoms with Crippen LogP contribution < -0.4 is 15.8 Å². The molecule has 0 bridgehead atoms. The second kappa shape index (κ2) is 8.29. The van der Waals surface area contributed by atoms with Gasteiger partial charge < -0.3 is 10.2 Å². The topological polar surface area (TPSA) is 67.2 Å². The van der Waals surface area contributed by atoms with Crippen molar-refractivity contribution in [2.75, 3.05) is 34.8 Å². The average Bonchev–Trinajstić information content (AvgIpc) is 2.73. The van der Waals surface area contributed by atoms with E-state index in [-0.39, 0.29) is 18.0 Å². The highest BCUT2D eigenvalue weighted by molar-refractivity contribution is 7.99. The lowest BCUT2D eigenvalue weighted by atomic mass is 10.1. The summed E-state index contributed by atoms with van der Waals surface area (Å²) in [5.74, 6) is 2.58. The van der Waals surface area contributed by atoms with Crippen molar-refractivity contribution in [1.82, 2.24) is 9.78 Å². The maximum absolute atomic E-state index is 13.0. The van der Waals surface area contributed by atoms with Gasteiger partial charge >= 0.3 is 0 Å². The largest absolute Gasteiger partial charge is 0.353 e. The summed E-state index contributed by atoms with van der Waals surface area (Å²) in [6.45, 7) is 5.56. The molecule has 3 aromatic rings. The Morgan fingerprint density at radius 2 is 1.69 bits per heavy atom. The molecular formula is C22H24N4O2S. The molecule has 1 aliphatic heterocycles. The highest BCUT2D eigenvalue weighted by Crippen LogP contribution is 2.25. The molecule has 0 saturated carbocycles. The molecule has 1 N–H and O–H groups in total. The highest BCUT2D eigenvalue weighted by Gasteiger charge is 2.19. The van der Waals surface area contributed by atoms with E-state index >= 15 is 0 Å². The number of anilines is 2. The van der Waals surface area contributed by atoms with Crippen LogP contribution in [-0.2, 0) is 11.3 Å². The van der Waals surface area contributed by atoms with Gasteiger partial charge in [0, 0.05) is 35.7 Å². The van der Waals surface area contributed by atoms with Crippen molar-refractivity contribution >= 4 is 39.9 Å². The van der Waals surface area contributed by atoms with Crippen LogP contribution in [0.2, 0.25) is 0 Å². The number of thioether (sulfide) groups is 1. The van der Waals surface area contributed by atoms with E-state index in [0.29, 0.717) is 5.39 Å². The van der Waals surface area contributed by atoms with Gasteiger partial charge in [0.25, 0.3) is 5.56 Å². The van der Waals surface area contributed by atoms with Gasteiger partial charge in [0.1, 0.15) is 6.54 Å². The fourth-order valence-corrected chi connectivity index (χ4v) is 4.56. The molecule has 1 saturated heterocycles. The molecule has 1 amide bonds. The predicted molar refractivity (Wildman–Crippen MR) is 120 cm³/mol. The van der Waals surface area contributed by atoms with Crippen LogP contribution in [0.25, 0.3) is 10.8 Å². The molecule has 150 valence electrons. The maximum atomic E-state index is 13.0. The Labute approximate surface area is 173 Å². The normalized spacial score (nSPS) is 14.2. The first kappa shape index (κ1) is 19.5. The van der Waals surface area contributed by atoms with Gasteiger partial charge in [0.05, 0.1) is 5.39 Å². The van der Waals surface area contributed by atoms with E-state index in [9.17, 15) is 9.59 Å². The first-order chi connectivity index (χ1) is 14.0. The van der Waals surface area contributed by atoms with Crippen LogP contribution in [0, 0.1) is 13.8 Å². The molecule has 7 heteroatoms. The van der Waals surface area contributed by atoms with Gasteiger partial charge in [-0.1, -0.05) is 36.4 Å². The number of nitrogens with zero attached hydrogens (tertiary/aromatic N) is 3. The summed E-state index contributed by atoms with van der Waals surface area (Å²) in [5.41, 5.74) is 2.53. The number of rotatable bonds is 4. The predicted octanol–water partition coefficient (Wildman–Crippen LogP) is 3.21. The Morgan fingerprint density at radius 3 is 2.38 bits per heavy atom. The van der Waals surface area contributed by atoms with Gasteiger partial charge in [0.15, 0.2) is 5.82 Å². The van der Waals surface area contributed by atoms with Crippen LogP contribution in [-0.4, -0.2) is 40.3 Å². The molecule has 1 aromatic heterocycles. The standard InChI is InChI=1S/C22H24N4O2S/c1-15-6-5-7-16(2)20(15)23-19(27)14-26-22(28)18-9-4-3-8-17(18)21(24-26)25-10-12-29-13-11-25/h3-9H,10-14H2,1-2H3,(H,23,27). The number of aromatic nitrogens is 2. The summed E-state index contributed by atoms with van der Waals surface area (Å²) >= 11 is 1.92. The Balaban J connectivity index is 1.69. The minimum atomic E-state index is -0.257. The number of carbonyl (C=O) groups excluding carboxylic acids is 1. The first-order valence-corrected chi connectivity index (χ1v) is 10.9. The van der Waals surface area contributed by atoms with Gasteiger partial charge in [-0.3, -0.25) is 9.59 Å². The smallest absolute Gasteiger partial charge is 0.275 e. The van der Waals surface area contributed by atoms with Crippen molar-refractivity contribution in [3.63, 3.8) is 0 Å². The van der Waals surface area contributed by atoms with Gasteiger partial charge in [-0.05, 0) is 31.0 Å². The minimum Gasteiger partial charge on any atom is -0.353 e. The minimum absolute atomic E-state index is 0.118. The molecule has 29 heavy (non-hydrogen) atoms. The molecule has 4 rings (SSSR count). The summed E-state index contributed by atoms with van der Waals surface area (Å²) < 4.78 is 1.29. The molecule has 6 nitrogen and oxygen atoms in total. The number of fused-ring (bicyclic) bond motifs is 1. The number of amides is 1. The van der Waals surface area contributed by atoms with Gasteiger partial charge in [-0.2, -0.15) is 16.9 Å². The number of hydrogen-bond acceptors (Lipinski definition) is 5. The molecule has 0 spiro atoms. The third-order valence-electron chi connectivity index (χ3n) is 5.20. The van der Waals surface area contributed by atoms with E-state index in [0.717, 1.165) is 52.6 Å². The Morgan fingerprint density at radius 1 is 1.03 bits per heavy atom. The Kier molecular flexibility index (Phi) is 5.58. The fourth-order valence-electron chi connectivity index (χ4n) is 3.66. The van der Waals surface area contributed by atoms with Gasteiger partial charge in [-0.25, -0.2) is 4.68 Å². The van der Waals surface area contributed by atoms with E-state index in [2.05, 4.69) is 15.3 Å². The third kappa shape index (κ3) is 4.00. The number of para-hydroxylation sites is 1. The quantitative estimate of drug-likeness (QED) is 0.718. The fraction of sp³-hybridized carbons (Fsp3) is 0.318. The molecule has 0 atom stereocenters. The number of benzene rings is 2. The van der Waals surface area contributed by atoms with Crippen molar-refractivity contribution in [1.29, 1.82) is 0 Å². The summed E-state index contributed by atoms with van der Waals surface area (Å²) in [6, 6.07) is 13.4. The third-order valence-corrected chi connectivity index (χ3v) is 6.14. The van der Waals surface area contributed by atoms with Crippen molar-refractivity contribution in [2.24, 2.45) is 0 Å². The molecular weight excluding hydrogens is 384 g/mol. The molecule has 1 fully saturated rings. The van der Waals surface area contributed by atoms with Crippen LogP contribution in [0.4, 0.5) is 11.5 Å². The molecule has 0 aliphatic carbocycles. The lowest BCUT2D eigenvalue weighted by molar-refractivity contribution is -0.117. The molecule has 2 aromatic carbocycles. The molecule has 1 aliphatic rings. The number of nitrogens with one attached hydrogen (secondary N) is 1. The van der Waals surface area contributed by atoms with Gasteiger partial charge in [-0.15, -0.1) is 0 Å². The van der Waals surface area contributed by atoms with E-state index in [1.54, 1.807) is 6.07 Å². The highest BCUT2D eigenvalue weighted by atomic mass is 32.2. The zero-order valence-corrected chi connectivity index (χ0v) is 17.5. The zero-order valence-electron chi connectivity index (χ0n) is 16.6. The van der Waals surface area contributed by atoms with Crippen LogP contribution >= 0.6 is 11.8 Å². The van der Waals surface area contributed by atoms with Crippen LogP contribution in [0.1, 0.15) is 11.1 Å². The van der Waals surface area contributed by atoms with E-state index in [4.69, 9.17) is 0 Å². The number of hydrogen-bond donors (Lipinski definition) is 1. The first-order valence-electron chi connectivity index (χ1n) is 9.73.